The van der Waals surface area contributed by atoms with Crippen molar-refractivity contribution in [2.24, 2.45) is 5.92 Å². The Balaban J connectivity index is 1.90. The van der Waals surface area contributed by atoms with Gasteiger partial charge in [-0.25, -0.2) is 0 Å². The number of unbranched alkanes of at least 4 members (excludes halogenated alkanes) is 1. The SMILES string of the molecule is COCCCCO[C@@H](c1ccccc1)C1CCCNC1. The molecule has 1 aromatic carbocycles. The minimum Gasteiger partial charge on any atom is -0.385 e. The summed E-state index contributed by atoms with van der Waals surface area (Å²) in [6.45, 7) is 3.85. The molecular weight excluding hydrogens is 250 g/mol. The zero-order chi connectivity index (χ0) is 14.0. The fourth-order valence-corrected chi connectivity index (χ4v) is 2.84. The van der Waals surface area contributed by atoms with Crippen LogP contribution in [-0.4, -0.2) is 33.4 Å². The first-order valence-electron chi connectivity index (χ1n) is 7.78. The normalized spacial score (nSPS) is 20.8. The van der Waals surface area contributed by atoms with Crippen LogP contribution in [0.15, 0.2) is 30.3 Å². The Kier molecular flexibility index (Phi) is 7.06. The smallest absolute Gasteiger partial charge is 0.0865 e. The van der Waals surface area contributed by atoms with Crippen molar-refractivity contribution < 1.29 is 9.47 Å². The van der Waals surface area contributed by atoms with Crippen molar-refractivity contribution in [2.75, 3.05) is 33.4 Å². The second-order valence-corrected chi connectivity index (χ2v) is 5.51. The van der Waals surface area contributed by atoms with Crippen molar-refractivity contribution in [3.8, 4) is 0 Å². The van der Waals surface area contributed by atoms with Crippen molar-refractivity contribution in [3.63, 3.8) is 0 Å². The number of hydrogen-bond donors (Lipinski definition) is 1. The summed E-state index contributed by atoms with van der Waals surface area (Å²) in [6, 6.07) is 10.7. The average Bonchev–Trinajstić information content (AvgIpc) is 2.53. The molecule has 112 valence electrons. The molecule has 1 heterocycles. The van der Waals surface area contributed by atoms with Crippen molar-refractivity contribution in [1.82, 2.24) is 5.32 Å². The largest absolute Gasteiger partial charge is 0.385 e. The summed E-state index contributed by atoms with van der Waals surface area (Å²) in [4.78, 5) is 0. The molecule has 1 fully saturated rings. The van der Waals surface area contributed by atoms with Crippen LogP contribution in [0.4, 0.5) is 0 Å². The summed E-state index contributed by atoms with van der Waals surface area (Å²) in [5, 5.41) is 3.50. The van der Waals surface area contributed by atoms with E-state index in [4.69, 9.17) is 9.47 Å². The molecule has 3 nitrogen and oxygen atoms in total. The van der Waals surface area contributed by atoms with E-state index in [2.05, 4.69) is 35.6 Å². The lowest BCUT2D eigenvalue weighted by molar-refractivity contribution is -0.000557. The third-order valence-corrected chi connectivity index (χ3v) is 3.93. The van der Waals surface area contributed by atoms with Gasteiger partial charge in [-0.05, 0) is 37.8 Å². The molecule has 0 saturated carbocycles. The van der Waals surface area contributed by atoms with Crippen LogP contribution >= 0.6 is 0 Å². The first-order chi connectivity index (χ1) is 9.92. The summed E-state index contributed by atoms with van der Waals surface area (Å²) in [6.07, 6.45) is 4.87. The van der Waals surface area contributed by atoms with Crippen LogP contribution in [0.1, 0.15) is 37.4 Å². The molecule has 1 unspecified atom stereocenters. The first kappa shape index (κ1) is 15.5. The number of piperidine rings is 1. The van der Waals surface area contributed by atoms with E-state index in [-0.39, 0.29) is 6.10 Å². The van der Waals surface area contributed by atoms with Crippen LogP contribution in [0, 0.1) is 5.92 Å². The molecule has 3 heteroatoms. The van der Waals surface area contributed by atoms with E-state index in [9.17, 15) is 0 Å². The van der Waals surface area contributed by atoms with Gasteiger partial charge in [0.1, 0.15) is 0 Å². The summed E-state index contributed by atoms with van der Waals surface area (Å²) < 4.78 is 11.3. The lowest BCUT2D eigenvalue weighted by Gasteiger charge is -2.31. The van der Waals surface area contributed by atoms with Crippen molar-refractivity contribution in [2.45, 2.75) is 31.8 Å². The molecule has 20 heavy (non-hydrogen) atoms. The molecule has 1 aliphatic heterocycles. The van der Waals surface area contributed by atoms with E-state index in [1.165, 1.54) is 18.4 Å². The van der Waals surface area contributed by atoms with Crippen LogP contribution in [0.25, 0.3) is 0 Å². The molecule has 0 amide bonds. The van der Waals surface area contributed by atoms with Gasteiger partial charge in [0.2, 0.25) is 0 Å². The highest BCUT2D eigenvalue weighted by atomic mass is 16.5. The fourth-order valence-electron chi connectivity index (χ4n) is 2.84. The van der Waals surface area contributed by atoms with Gasteiger partial charge >= 0.3 is 0 Å². The quantitative estimate of drug-likeness (QED) is 0.740. The van der Waals surface area contributed by atoms with Crippen LogP contribution in [0.5, 0.6) is 0 Å². The maximum atomic E-state index is 6.22. The Labute approximate surface area is 122 Å². The zero-order valence-corrected chi connectivity index (χ0v) is 12.5. The van der Waals surface area contributed by atoms with Crippen molar-refractivity contribution in [1.29, 1.82) is 0 Å². The Hall–Kier alpha value is -0.900. The van der Waals surface area contributed by atoms with Gasteiger partial charge in [-0.15, -0.1) is 0 Å². The van der Waals surface area contributed by atoms with Crippen LogP contribution in [0.3, 0.4) is 0 Å². The van der Waals surface area contributed by atoms with E-state index >= 15 is 0 Å². The predicted octanol–water partition coefficient (Wildman–Crippen LogP) is 3.17. The number of ether oxygens (including phenoxy) is 2. The number of methoxy groups -OCH3 is 1. The van der Waals surface area contributed by atoms with E-state index in [1.54, 1.807) is 7.11 Å². The van der Waals surface area contributed by atoms with E-state index < -0.39 is 0 Å². The fraction of sp³-hybridized carbons (Fsp3) is 0.647. The molecule has 0 bridgehead atoms. The molecule has 0 spiro atoms. The van der Waals surface area contributed by atoms with Gasteiger partial charge in [0.05, 0.1) is 6.10 Å². The molecule has 1 aliphatic rings. The van der Waals surface area contributed by atoms with Gasteiger partial charge in [-0.3, -0.25) is 0 Å². The van der Waals surface area contributed by atoms with Gasteiger partial charge < -0.3 is 14.8 Å². The molecule has 1 N–H and O–H groups in total. The Morgan fingerprint density at radius 3 is 2.70 bits per heavy atom. The topological polar surface area (TPSA) is 30.5 Å². The lowest BCUT2D eigenvalue weighted by Crippen LogP contribution is -2.34. The molecule has 0 aliphatic carbocycles. The maximum absolute atomic E-state index is 6.22. The maximum Gasteiger partial charge on any atom is 0.0865 e. The van der Waals surface area contributed by atoms with Gasteiger partial charge in [0.25, 0.3) is 0 Å². The van der Waals surface area contributed by atoms with Crippen LogP contribution in [0.2, 0.25) is 0 Å². The summed E-state index contributed by atoms with van der Waals surface area (Å²) in [7, 11) is 1.75. The highest BCUT2D eigenvalue weighted by Crippen LogP contribution is 2.30. The number of rotatable bonds is 8. The van der Waals surface area contributed by atoms with E-state index in [0.717, 1.165) is 39.1 Å². The molecular formula is C17H27NO2. The number of benzene rings is 1. The second kappa shape index (κ2) is 9.11. The van der Waals surface area contributed by atoms with Gasteiger partial charge in [-0.1, -0.05) is 30.3 Å². The van der Waals surface area contributed by atoms with Gasteiger partial charge in [0.15, 0.2) is 0 Å². The number of hydrogen-bond acceptors (Lipinski definition) is 3. The average molecular weight is 277 g/mol. The van der Waals surface area contributed by atoms with E-state index in [1.807, 2.05) is 0 Å². The van der Waals surface area contributed by atoms with Crippen molar-refractivity contribution in [3.05, 3.63) is 35.9 Å². The first-order valence-corrected chi connectivity index (χ1v) is 7.78. The standard InChI is InChI=1S/C17H27NO2/c1-19-12-5-6-13-20-17(15-8-3-2-4-9-15)16-10-7-11-18-14-16/h2-4,8-9,16-18H,5-7,10-14H2,1H3/t16?,17-/m0/s1. The molecule has 1 aromatic rings. The van der Waals surface area contributed by atoms with Gasteiger partial charge in [0, 0.05) is 32.8 Å². The highest BCUT2D eigenvalue weighted by Gasteiger charge is 2.25. The van der Waals surface area contributed by atoms with Crippen molar-refractivity contribution >= 4 is 0 Å². The monoisotopic (exact) mass is 277 g/mol. The highest BCUT2D eigenvalue weighted by molar-refractivity contribution is 5.18. The second-order valence-electron chi connectivity index (χ2n) is 5.51. The minimum absolute atomic E-state index is 0.228. The molecule has 1 saturated heterocycles. The Morgan fingerprint density at radius 2 is 2.00 bits per heavy atom. The third kappa shape index (κ3) is 4.89. The summed E-state index contributed by atoms with van der Waals surface area (Å²) in [5.41, 5.74) is 1.31. The lowest BCUT2D eigenvalue weighted by atomic mass is 9.89. The van der Waals surface area contributed by atoms with Crippen LogP contribution in [-0.2, 0) is 9.47 Å². The molecule has 0 aromatic heterocycles. The summed E-state index contributed by atoms with van der Waals surface area (Å²) >= 11 is 0. The number of nitrogens with one attached hydrogen (secondary N) is 1. The van der Waals surface area contributed by atoms with Gasteiger partial charge in [-0.2, -0.15) is 0 Å². The predicted molar refractivity (Wildman–Crippen MR) is 81.8 cm³/mol. The Bertz CT molecular complexity index is 349. The Morgan fingerprint density at radius 1 is 1.20 bits per heavy atom. The third-order valence-electron chi connectivity index (χ3n) is 3.93. The summed E-state index contributed by atoms with van der Waals surface area (Å²) in [5.74, 6) is 0.591. The zero-order valence-electron chi connectivity index (χ0n) is 12.5. The van der Waals surface area contributed by atoms with E-state index in [0.29, 0.717) is 5.92 Å². The molecule has 0 radical (unpaired) electrons. The molecule has 2 atom stereocenters. The minimum atomic E-state index is 0.228. The molecule has 2 rings (SSSR count). The van der Waals surface area contributed by atoms with Crippen LogP contribution < -0.4 is 5.32 Å².